The van der Waals surface area contributed by atoms with E-state index in [0.717, 1.165) is 5.56 Å². The number of hydrogen-bond acceptors (Lipinski definition) is 6. The van der Waals surface area contributed by atoms with Crippen LogP contribution in [-0.4, -0.2) is 40.9 Å². The number of ketones is 1. The van der Waals surface area contributed by atoms with Gasteiger partial charge in [0.25, 0.3) is 11.7 Å². The molecule has 1 atom stereocenters. The summed E-state index contributed by atoms with van der Waals surface area (Å²) in [7, 11) is 3.10. The number of Topliss-reactive ketones (excluding diaryl/α,β-unsaturated/α-hetero) is 1. The van der Waals surface area contributed by atoms with Crippen molar-refractivity contribution in [2.24, 2.45) is 0 Å². The number of aromatic nitrogens is 1. The van der Waals surface area contributed by atoms with Gasteiger partial charge in [0.15, 0.2) is 0 Å². The molecule has 8 heteroatoms. The second-order valence-corrected chi connectivity index (χ2v) is 8.27. The summed E-state index contributed by atoms with van der Waals surface area (Å²) in [5.74, 6) is -0.471. The van der Waals surface area contributed by atoms with Crippen molar-refractivity contribution in [1.82, 2.24) is 9.88 Å². The molecule has 168 valence electrons. The van der Waals surface area contributed by atoms with Crippen molar-refractivity contribution in [2.45, 2.75) is 12.6 Å². The van der Waals surface area contributed by atoms with Gasteiger partial charge in [0.1, 0.15) is 17.3 Å². The average Bonchev–Trinajstić information content (AvgIpc) is 3.09. The molecule has 1 saturated heterocycles. The van der Waals surface area contributed by atoms with Gasteiger partial charge < -0.3 is 19.5 Å². The predicted octanol–water partition coefficient (Wildman–Crippen LogP) is 4.48. The van der Waals surface area contributed by atoms with Crippen LogP contribution in [0.25, 0.3) is 5.76 Å². The summed E-state index contributed by atoms with van der Waals surface area (Å²) >= 11 is 3.40. The molecule has 3 aromatic rings. The Labute approximate surface area is 199 Å². The van der Waals surface area contributed by atoms with E-state index in [9.17, 15) is 14.7 Å². The third-order valence-corrected chi connectivity index (χ3v) is 6.09. The van der Waals surface area contributed by atoms with E-state index in [-0.39, 0.29) is 17.9 Å². The van der Waals surface area contributed by atoms with Crippen molar-refractivity contribution < 1.29 is 24.2 Å². The number of nitrogens with zero attached hydrogens (tertiary/aromatic N) is 2. The molecule has 0 spiro atoms. The number of hydrogen-bond donors (Lipinski definition) is 1. The fourth-order valence-corrected chi connectivity index (χ4v) is 4.37. The number of halogens is 1. The SMILES string of the molecule is COc1ccc(C2/C(=C(/O)c3ccc(OC)c(Br)c3)C(=O)C(=O)N2Cc2cccnc2)cc1. The molecule has 4 rings (SSSR count). The van der Waals surface area contributed by atoms with Gasteiger partial charge in [-0.15, -0.1) is 0 Å². The standard InChI is InChI=1S/C25H21BrN2O5/c1-32-18-8-5-16(6-9-18)22-21(23(29)17-7-10-20(33-2)19(26)12-17)24(30)25(31)28(22)14-15-4-3-11-27-13-15/h3-13,22,29H,14H2,1-2H3/b23-21-. The van der Waals surface area contributed by atoms with Gasteiger partial charge in [-0.25, -0.2) is 0 Å². The van der Waals surface area contributed by atoms with Crippen molar-refractivity contribution >= 4 is 33.4 Å². The Balaban J connectivity index is 1.85. The molecule has 1 N–H and O–H groups in total. The van der Waals surface area contributed by atoms with Crippen LogP contribution in [0.1, 0.15) is 22.7 Å². The molecule has 1 aromatic heterocycles. The topological polar surface area (TPSA) is 89.0 Å². The van der Waals surface area contributed by atoms with Crippen molar-refractivity contribution in [3.63, 3.8) is 0 Å². The highest BCUT2D eigenvalue weighted by Gasteiger charge is 2.46. The average molecular weight is 509 g/mol. The van der Waals surface area contributed by atoms with Gasteiger partial charge >= 0.3 is 0 Å². The van der Waals surface area contributed by atoms with E-state index in [1.807, 2.05) is 6.07 Å². The molecule has 2 aromatic carbocycles. The van der Waals surface area contributed by atoms with Crippen LogP contribution in [0.4, 0.5) is 0 Å². The number of aliphatic hydroxyl groups is 1. The van der Waals surface area contributed by atoms with Gasteiger partial charge in [-0.05, 0) is 63.5 Å². The normalized spacial score (nSPS) is 17.3. The minimum Gasteiger partial charge on any atom is -0.507 e. The van der Waals surface area contributed by atoms with E-state index < -0.39 is 17.7 Å². The highest BCUT2D eigenvalue weighted by molar-refractivity contribution is 9.10. The number of benzene rings is 2. The van der Waals surface area contributed by atoms with Crippen molar-refractivity contribution in [2.75, 3.05) is 14.2 Å². The summed E-state index contributed by atoms with van der Waals surface area (Å²) in [6, 6.07) is 14.8. The van der Waals surface area contributed by atoms with Crippen LogP contribution in [0, 0.1) is 0 Å². The summed E-state index contributed by atoms with van der Waals surface area (Å²) in [4.78, 5) is 31.8. The van der Waals surface area contributed by atoms with Gasteiger partial charge in [0, 0.05) is 24.5 Å². The lowest BCUT2D eigenvalue weighted by Gasteiger charge is -2.25. The maximum Gasteiger partial charge on any atom is 0.295 e. The monoisotopic (exact) mass is 508 g/mol. The number of ether oxygens (including phenoxy) is 2. The number of likely N-dealkylation sites (tertiary alicyclic amines) is 1. The van der Waals surface area contributed by atoms with Crippen molar-refractivity contribution in [3.05, 3.63) is 93.7 Å². The number of aliphatic hydroxyl groups excluding tert-OH is 1. The zero-order chi connectivity index (χ0) is 23.5. The molecule has 1 fully saturated rings. The fourth-order valence-electron chi connectivity index (χ4n) is 3.83. The van der Waals surface area contributed by atoms with E-state index in [1.54, 1.807) is 68.0 Å². The number of methoxy groups -OCH3 is 2. The van der Waals surface area contributed by atoms with Crippen LogP contribution < -0.4 is 9.47 Å². The fraction of sp³-hybridized carbons (Fsp3) is 0.160. The molecule has 1 aliphatic heterocycles. The van der Waals surface area contributed by atoms with Gasteiger partial charge in [-0.1, -0.05) is 18.2 Å². The van der Waals surface area contributed by atoms with E-state index in [1.165, 1.54) is 12.0 Å². The first-order valence-corrected chi connectivity index (χ1v) is 10.9. The summed E-state index contributed by atoms with van der Waals surface area (Å²) in [6.45, 7) is 0.165. The molecule has 0 radical (unpaired) electrons. The third kappa shape index (κ3) is 4.34. The van der Waals surface area contributed by atoms with Crippen molar-refractivity contribution in [1.29, 1.82) is 0 Å². The molecule has 1 amide bonds. The third-order valence-electron chi connectivity index (χ3n) is 5.47. The zero-order valence-electron chi connectivity index (χ0n) is 18.0. The largest absolute Gasteiger partial charge is 0.507 e. The Kier molecular flexibility index (Phi) is 6.46. The van der Waals surface area contributed by atoms with E-state index in [4.69, 9.17) is 9.47 Å². The highest BCUT2D eigenvalue weighted by atomic mass is 79.9. The lowest BCUT2D eigenvalue weighted by Crippen LogP contribution is -2.29. The Morgan fingerprint density at radius 1 is 1.09 bits per heavy atom. The summed E-state index contributed by atoms with van der Waals surface area (Å²) in [5, 5.41) is 11.2. The number of carbonyl (C=O) groups excluding carboxylic acids is 2. The number of carbonyl (C=O) groups is 2. The van der Waals surface area contributed by atoms with E-state index in [0.29, 0.717) is 27.1 Å². The Morgan fingerprint density at radius 3 is 2.45 bits per heavy atom. The maximum atomic E-state index is 13.1. The first-order valence-electron chi connectivity index (χ1n) is 10.1. The zero-order valence-corrected chi connectivity index (χ0v) is 19.6. The molecule has 2 heterocycles. The first-order chi connectivity index (χ1) is 15.9. The highest BCUT2D eigenvalue weighted by Crippen LogP contribution is 2.41. The molecule has 7 nitrogen and oxygen atoms in total. The second kappa shape index (κ2) is 9.46. The van der Waals surface area contributed by atoms with Gasteiger partial charge in [-0.2, -0.15) is 0 Å². The van der Waals surface area contributed by atoms with Gasteiger partial charge in [-0.3, -0.25) is 14.6 Å². The Morgan fingerprint density at radius 2 is 1.85 bits per heavy atom. The van der Waals surface area contributed by atoms with Crippen LogP contribution in [0.2, 0.25) is 0 Å². The summed E-state index contributed by atoms with van der Waals surface area (Å²) in [5.41, 5.74) is 1.85. The van der Waals surface area contributed by atoms with Crippen LogP contribution in [0.5, 0.6) is 11.5 Å². The molecular formula is C25H21BrN2O5. The molecule has 33 heavy (non-hydrogen) atoms. The van der Waals surface area contributed by atoms with Gasteiger partial charge in [0.2, 0.25) is 0 Å². The quantitative estimate of drug-likeness (QED) is 0.300. The lowest BCUT2D eigenvalue weighted by atomic mass is 9.95. The van der Waals surface area contributed by atoms with Crippen molar-refractivity contribution in [3.8, 4) is 11.5 Å². The van der Waals surface area contributed by atoms with E-state index in [2.05, 4.69) is 20.9 Å². The van der Waals surface area contributed by atoms with Gasteiger partial charge in [0.05, 0.1) is 30.3 Å². The molecule has 1 aliphatic rings. The van der Waals surface area contributed by atoms with Crippen LogP contribution in [0.15, 0.2) is 77.0 Å². The van der Waals surface area contributed by atoms with Crippen LogP contribution in [-0.2, 0) is 16.1 Å². The number of pyridine rings is 1. The lowest BCUT2D eigenvalue weighted by molar-refractivity contribution is -0.140. The summed E-state index contributed by atoms with van der Waals surface area (Å²) in [6.07, 6.45) is 3.28. The molecular weight excluding hydrogens is 488 g/mol. The minimum absolute atomic E-state index is 0.0196. The number of rotatable bonds is 6. The molecule has 1 unspecified atom stereocenters. The minimum atomic E-state index is -0.781. The molecule has 0 saturated carbocycles. The molecule has 0 bridgehead atoms. The Hall–Kier alpha value is -3.65. The smallest absolute Gasteiger partial charge is 0.295 e. The van der Waals surface area contributed by atoms with E-state index >= 15 is 0 Å². The maximum absolute atomic E-state index is 13.1. The molecule has 0 aliphatic carbocycles. The second-order valence-electron chi connectivity index (χ2n) is 7.41. The Bertz CT molecular complexity index is 1230. The predicted molar refractivity (Wildman–Crippen MR) is 126 cm³/mol. The van der Waals surface area contributed by atoms with Crippen LogP contribution in [0.3, 0.4) is 0 Å². The number of amides is 1. The summed E-state index contributed by atoms with van der Waals surface area (Å²) < 4.78 is 11.1. The van der Waals surface area contributed by atoms with Crippen LogP contribution >= 0.6 is 15.9 Å². The first kappa shape index (κ1) is 22.5.